The van der Waals surface area contributed by atoms with Gasteiger partial charge >= 0.3 is 5.97 Å². The van der Waals surface area contributed by atoms with Crippen molar-refractivity contribution in [3.8, 4) is 0 Å². The highest BCUT2D eigenvalue weighted by Crippen LogP contribution is 2.03. The number of hydrogen-bond donors (Lipinski definition) is 1. The van der Waals surface area contributed by atoms with E-state index in [1.54, 1.807) is 13.0 Å². The third-order valence-electron chi connectivity index (χ3n) is 1.88. The summed E-state index contributed by atoms with van der Waals surface area (Å²) >= 11 is 0. The molecule has 0 aromatic carbocycles. The normalized spacial score (nSPS) is 13.2. The Morgan fingerprint density at radius 1 is 1.38 bits per heavy atom. The molecule has 0 fully saturated rings. The van der Waals surface area contributed by atoms with E-state index in [2.05, 4.69) is 0 Å². The second-order valence-corrected chi connectivity index (χ2v) is 3.48. The first-order valence-corrected chi connectivity index (χ1v) is 5.37. The standard InChI is InChI=1S/C13H20O3/c1-4-16-13(15)10-12(3)7-5-6-11(2)8-9-14/h5-8,14H,4,9-10H2,1-3H3. The molecule has 0 radical (unpaired) electrons. The molecule has 0 atom stereocenters. The molecule has 0 heterocycles. The van der Waals surface area contributed by atoms with Crippen LogP contribution < -0.4 is 0 Å². The van der Waals surface area contributed by atoms with Crippen molar-refractivity contribution >= 4 is 5.97 Å². The fourth-order valence-electron chi connectivity index (χ4n) is 1.07. The van der Waals surface area contributed by atoms with Crippen LogP contribution in [-0.2, 0) is 9.53 Å². The van der Waals surface area contributed by atoms with Crippen molar-refractivity contribution in [3.05, 3.63) is 35.5 Å². The fourth-order valence-corrected chi connectivity index (χ4v) is 1.07. The number of ether oxygens (including phenoxy) is 1. The van der Waals surface area contributed by atoms with E-state index in [4.69, 9.17) is 9.84 Å². The van der Waals surface area contributed by atoms with Gasteiger partial charge in [-0.2, -0.15) is 0 Å². The van der Waals surface area contributed by atoms with Gasteiger partial charge in [-0.25, -0.2) is 0 Å². The number of esters is 1. The third-order valence-corrected chi connectivity index (χ3v) is 1.88. The first-order chi connectivity index (χ1) is 7.60. The van der Waals surface area contributed by atoms with Crippen LogP contribution >= 0.6 is 0 Å². The van der Waals surface area contributed by atoms with E-state index in [1.807, 2.05) is 32.1 Å². The zero-order chi connectivity index (χ0) is 12.4. The largest absolute Gasteiger partial charge is 0.466 e. The smallest absolute Gasteiger partial charge is 0.309 e. The molecule has 0 aromatic rings. The molecular weight excluding hydrogens is 204 g/mol. The minimum atomic E-state index is -0.202. The van der Waals surface area contributed by atoms with Crippen molar-refractivity contribution < 1.29 is 14.6 Å². The van der Waals surface area contributed by atoms with Gasteiger partial charge in [-0.1, -0.05) is 35.5 Å². The summed E-state index contributed by atoms with van der Waals surface area (Å²) in [7, 11) is 0. The maximum Gasteiger partial charge on any atom is 0.309 e. The fraction of sp³-hybridized carbons (Fsp3) is 0.462. The zero-order valence-corrected chi connectivity index (χ0v) is 10.2. The lowest BCUT2D eigenvalue weighted by atomic mass is 10.2. The Hall–Kier alpha value is -1.35. The molecule has 0 aliphatic carbocycles. The van der Waals surface area contributed by atoms with Gasteiger partial charge in [-0.05, 0) is 20.8 Å². The van der Waals surface area contributed by atoms with E-state index in [1.165, 1.54) is 0 Å². The Morgan fingerprint density at radius 3 is 2.62 bits per heavy atom. The maximum absolute atomic E-state index is 11.1. The molecule has 0 unspecified atom stereocenters. The summed E-state index contributed by atoms with van der Waals surface area (Å²) in [4.78, 5) is 11.1. The van der Waals surface area contributed by atoms with E-state index >= 15 is 0 Å². The van der Waals surface area contributed by atoms with Gasteiger partial charge in [0, 0.05) is 0 Å². The van der Waals surface area contributed by atoms with Crippen LogP contribution in [0.15, 0.2) is 35.5 Å². The van der Waals surface area contributed by atoms with Crippen LogP contribution in [0.3, 0.4) is 0 Å². The molecule has 90 valence electrons. The topological polar surface area (TPSA) is 46.5 Å². The van der Waals surface area contributed by atoms with Crippen molar-refractivity contribution in [1.82, 2.24) is 0 Å². The first kappa shape index (κ1) is 14.6. The van der Waals surface area contributed by atoms with Crippen LogP contribution in [0.4, 0.5) is 0 Å². The van der Waals surface area contributed by atoms with Crippen molar-refractivity contribution in [1.29, 1.82) is 0 Å². The van der Waals surface area contributed by atoms with E-state index in [0.717, 1.165) is 11.1 Å². The molecule has 0 aliphatic heterocycles. The van der Waals surface area contributed by atoms with Crippen LogP contribution in [-0.4, -0.2) is 24.3 Å². The number of aliphatic hydroxyl groups is 1. The van der Waals surface area contributed by atoms with Crippen molar-refractivity contribution in [2.45, 2.75) is 27.2 Å². The Labute approximate surface area is 97.1 Å². The second-order valence-electron chi connectivity index (χ2n) is 3.48. The molecule has 3 nitrogen and oxygen atoms in total. The maximum atomic E-state index is 11.1. The predicted octanol–water partition coefficient (Wildman–Crippen LogP) is 2.38. The van der Waals surface area contributed by atoms with Crippen LogP contribution in [0.2, 0.25) is 0 Å². The second kappa shape index (κ2) is 8.92. The van der Waals surface area contributed by atoms with Gasteiger partial charge < -0.3 is 9.84 Å². The molecule has 0 saturated carbocycles. The highest BCUT2D eigenvalue weighted by molar-refractivity contribution is 5.72. The van der Waals surface area contributed by atoms with Gasteiger partial charge in [-0.15, -0.1) is 0 Å². The number of aliphatic hydroxyl groups excluding tert-OH is 1. The van der Waals surface area contributed by atoms with Crippen LogP contribution in [0.5, 0.6) is 0 Å². The van der Waals surface area contributed by atoms with Crippen LogP contribution in [0.25, 0.3) is 0 Å². The molecule has 0 amide bonds. The molecule has 16 heavy (non-hydrogen) atoms. The average Bonchev–Trinajstić information content (AvgIpc) is 2.18. The molecule has 1 N–H and O–H groups in total. The van der Waals surface area contributed by atoms with Gasteiger partial charge in [0.15, 0.2) is 0 Å². The Balaban J connectivity index is 4.13. The minimum Gasteiger partial charge on any atom is -0.466 e. The van der Waals surface area contributed by atoms with E-state index in [0.29, 0.717) is 13.0 Å². The Kier molecular flexibility index (Phi) is 8.17. The predicted molar refractivity (Wildman–Crippen MR) is 65.0 cm³/mol. The lowest BCUT2D eigenvalue weighted by Gasteiger charge is -2.00. The third kappa shape index (κ3) is 8.00. The molecule has 0 saturated heterocycles. The summed E-state index contributed by atoms with van der Waals surface area (Å²) in [5.74, 6) is -0.202. The Bertz CT molecular complexity index is 298. The average molecular weight is 224 g/mol. The summed E-state index contributed by atoms with van der Waals surface area (Å²) in [6, 6.07) is 0. The van der Waals surface area contributed by atoms with E-state index in [-0.39, 0.29) is 12.6 Å². The molecule has 0 aromatic heterocycles. The number of carbonyl (C=O) groups is 1. The van der Waals surface area contributed by atoms with Gasteiger partial charge in [-0.3, -0.25) is 4.79 Å². The SMILES string of the molecule is CCOC(=O)CC(C)=CC=CC(C)=CCO. The summed E-state index contributed by atoms with van der Waals surface area (Å²) in [6.07, 6.45) is 7.64. The highest BCUT2D eigenvalue weighted by atomic mass is 16.5. The lowest BCUT2D eigenvalue weighted by Crippen LogP contribution is -2.03. The number of allylic oxidation sites excluding steroid dienone is 4. The van der Waals surface area contributed by atoms with Crippen LogP contribution in [0.1, 0.15) is 27.2 Å². The molecule has 0 rings (SSSR count). The van der Waals surface area contributed by atoms with Crippen molar-refractivity contribution in [2.75, 3.05) is 13.2 Å². The van der Waals surface area contributed by atoms with E-state index < -0.39 is 0 Å². The zero-order valence-electron chi connectivity index (χ0n) is 10.2. The Morgan fingerprint density at radius 2 is 2.06 bits per heavy atom. The van der Waals surface area contributed by atoms with Gasteiger partial charge in [0.25, 0.3) is 0 Å². The molecular formula is C13H20O3. The first-order valence-electron chi connectivity index (χ1n) is 5.37. The molecule has 3 heteroatoms. The quantitative estimate of drug-likeness (QED) is 0.556. The van der Waals surface area contributed by atoms with Crippen molar-refractivity contribution in [3.63, 3.8) is 0 Å². The number of rotatable bonds is 6. The summed E-state index contributed by atoms with van der Waals surface area (Å²) in [5.41, 5.74) is 1.94. The van der Waals surface area contributed by atoms with Gasteiger partial charge in [0.2, 0.25) is 0 Å². The molecule has 0 spiro atoms. The van der Waals surface area contributed by atoms with E-state index in [9.17, 15) is 4.79 Å². The number of carbonyl (C=O) groups excluding carboxylic acids is 1. The summed E-state index contributed by atoms with van der Waals surface area (Å²) < 4.78 is 4.83. The summed E-state index contributed by atoms with van der Waals surface area (Å²) in [5, 5.41) is 8.64. The van der Waals surface area contributed by atoms with Crippen molar-refractivity contribution in [2.24, 2.45) is 0 Å². The monoisotopic (exact) mass is 224 g/mol. The lowest BCUT2D eigenvalue weighted by molar-refractivity contribution is -0.142. The van der Waals surface area contributed by atoms with Gasteiger partial charge in [0.05, 0.1) is 19.6 Å². The molecule has 0 bridgehead atoms. The summed E-state index contributed by atoms with van der Waals surface area (Å²) in [6.45, 7) is 6.04. The van der Waals surface area contributed by atoms with Gasteiger partial charge in [0.1, 0.15) is 0 Å². The number of hydrogen-bond acceptors (Lipinski definition) is 3. The minimum absolute atomic E-state index is 0.0433. The molecule has 0 aliphatic rings. The van der Waals surface area contributed by atoms with Crippen LogP contribution in [0, 0.1) is 0 Å². The highest BCUT2D eigenvalue weighted by Gasteiger charge is 2.00.